The van der Waals surface area contributed by atoms with Crippen molar-refractivity contribution >= 4 is 8.80 Å². The molecule has 0 unspecified atom stereocenters. The summed E-state index contributed by atoms with van der Waals surface area (Å²) in [5, 5.41) is 0. The number of para-hydroxylation sites is 1. The van der Waals surface area contributed by atoms with E-state index in [0.29, 0.717) is 19.8 Å². The minimum atomic E-state index is -2.59. The van der Waals surface area contributed by atoms with Gasteiger partial charge in [0.05, 0.1) is 7.11 Å². The van der Waals surface area contributed by atoms with Gasteiger partial charge in [-0.05, 0) is 45.2 Å². The highest BCUT2D eigenvalue weighted by Crippen LogP contribution is 2.27. The van der Waals surface area contributed by atoms with Crippen molar-refractivity contribution < 1.29 is 18.0 Å². The van der Waals surface area contributed by atoms with E-state index >= 15 is 0 Å². The molecule has 0 amide bonds. The van der Waals surface area contributed by atoms with E-state index < -0.39 is 8.80 Å². The number of rotatable bonds is 10. The summed E-state index contributed by atoms with van der Waals surface area (Å²) in [4.78, 5) is 0. The van der Waals surface area contributed by atoms with Crippen molar-refractivity contribution in [3.05, 3.63) is 29.3 Å². The monoisotopic (exact) mass is 312 g/mol. The maximum Gasteiger partial charge on any atom is 0.501 e. The van der Waals surface area contributed by atoms with Crippen LogP contribution in [0.1, 0.15) is 31.9 Å². The standard InChI is InChI=1S/C16H28O4Si/c1-6-18-21(19-7-2,20-8-3)13-12-15-11-9-10-14(4)16(15)17-5/h9-11H,6-8,12-13H2,1-5H3. The highest BCUT2D eigenvalue weighted by molar-refractivity contribution is 6.60. The first-order valence-corrected chi connectivity index (χ1v) is 9.60. The molecule has 1 aromatic carbocycles. The van der Waals surface area contributed by atoms with Gasteiger partial charge in [-0.15, -0.1) is 0 Å². The SMILES string of the molecule is CCO[Si](CCc1cccc(C)c1OC)(OCC)OCC. The Hall–Kier alpha value is -0.883. The maximum absolute atomic E-state index is 5.89. The molecule has 0 aromatic heterocycles. The molecule has 1 rings (SSSR count). The van der Waals surface area contributed by atoms with Crippen molar-refractivity contribution in [3.63, 3.8) is 0 Å². The van der Waals surface area contributed by atoms with Gasteiger partial charge in [0.1, 0.15) is 5.75 Å². The van der Waals surface area contributed by atoms with E-state index in [4.69, 9.17) is 18.0 Å². The second-order valence-electron chi connectivity index (χ2n) is 4.75. The Morgan fingerprint density at radius 1 is 0.952 bits per heavy atom. The number of methoxy groups -OCH3 is 1. The summed E-state index contributed by atoms with van der Waals surface area (Å²) in [5.74, 6) is 0.949. The van der Waals surface area contributed by atoms with Gasteiger partial charge in [-0.1, -0.05) is 18.2 Å². The Kier molecular flexibility index (Phi) is 7.96. The molecule has 0 aliphatic rings. The Balaban J connectivity index is 2.87. The van der Waals surface area contributed by atoms with Gasteiger partial charge < -0.3 is 18.0 Å². The smallest absolute Gasteiger partial charge is 0.496 e. The molecule has 0 radical (unpaired) electrons. The first-order chi connectivity index (χ1) is 10.1. The van der Waals surface area contributed by atoms with Crippen molar-refractivity contribution in [2.75, 3.05) is 26.9 Å². The number of hydrogen-bond acceptors (Lipinski definition) is 4. The van der Waals surface area contributed by atoms with E-state index in [0.717, 1.165) is 23.8 Å². The molecule has 5 heteroatoms. The molecule has 0 spiro atoms. The Morgan fingerprint density at radius 3 is 2.00 bits per heavy atom. The fourth-order valence-corrected chi connectivity index (χ4v) is 5.07. The molecule has 0 saturated carbocycles. The van der Waals surface area contributed by atoms with Crippen LogP contribution >= 0.6 is 0 Å². The van der Waals surface area contributed by atoms with E-state index in [9.17, 15) is 0 Å². The first-order valence-electron chi connectivity index (χ1n) is 7.66. The van der Waals surface area contributed by atoms with Crippen molar-refractivity contribution in [2.45, 2.75) is 40.2 Å². The summed E-state index contributed by atoms with van der Waals surface area (Å²) in [6.45, 7) is 9.82. The molecule has 0 aliphatic carbocycles. The summed E-state index contributed by atoms with van der Waals surface area (Å²) in [7, 11) is -0.874. The zero-order valence-corrected chi connectivity index (χ0v) is 14.9. The lowest BCUT2D eigenvalue weighted by Gasteiger charge is -2.28. The molecular formula is C16H28O4Si. The number of aryl methyl sites for hydroxylation is 2. The molecule has 0 bridgehead atoms. The molecule has 21 heavy (non-hydrogen) atoms. The van der Waals surface area contributed by atoms with Crippen LogP contribution < -0.4 is 4.74 Å². The molecule has 0 atom stereocenters. The van der Waals surface area contributed by atoms with Crippen LogP contribution in [0.2, 0.25) is 6.04 Å². The van der Waals surface area contributed by atoms with Crippen LogP contribution in [0.3, 0.4) is 0 Å². The molecule has 1 aromatic rings. The predicted molar refractivity (Wildman–Crippen MR) is 86.9 cm³/mol. The average Bonchev–Trinajstić information content (AvgIpc) is 2.46. The minimum Gasteiger partial charge on any atom is -0.496 e. The molecule has 0 N–H and O–H groups in total. The van der Waals surface area contributed by atoms with E-state index in [2.05, 4.69) is 25.1 Å². The van der Waals surface area contributed by atoms with Crippen LogP contribution in [0.25, 0.3) is 0 Å². The Bertz CT molecular complexity index is 406. The lowest BCUT2D eigenvalue weighted by molar-refractivity contribution is 0.0714. The summed E-state index contributed by atoms with van der Waals surface area (Å²) in [6, 6.07) is 6.97. The maximum atomic E-state index is 5.89. The Labute approximate surface area is 129 Å². The largest absolute Gasteiger partial charge is 0.501 e. The first kappa shape index (κ1) is 18.2. The predicted octanol–water partition coefficient (Wildman–Crippen LogP) is 3.59. The van der Waals surface area contributed by atoms with Crippen molar-refractivity contribution in [1.82, 2.24) is 0 Å². The van der Waals surface area contributed by atoms with Crippen LogP contribution in [-0.4, -0.2) is 35.7 Å². The van der Waals surface area contributed by atoms with Crippen molar-refractivity contribution in [1.29, 1.82) is 0 Å². The van der Waals surface area contributed by atoms with E-state index in [-0.39, 0.29) is 0 Å². The topological polar surface area (TPSA) is 36.9 Å². The Morgan fingerprint density at radius 2 is 1.52 bits per heavy atom. The summed E-state index contributed by atoms with van der Waals surface area (Å²) < 4.78 is 23.2. The molecule has 0 fully saturated rings. The van der Waals surface area contributed by atoms with E-state index in [1.54, 1.807) is 7.11 Å². The molecule has 0 saturated heterocycles. The fourth-order valence-electron chi connectivity index (χ4n) is 2.49. The van der Waals surface area contributed by atoms with Crippen LogP contribution in [0, 0.1) is 6.92 Å². The van der Waals surface area contributed by atoms with Crippen molar-refractivity contribution in [3.8, 4) is 5.75 Å². The van der Waals surface area contributed by atoms with Gasteiger partial charge in [-0.25, -0.2) is 0 Å². The van der Waals surface area contributed by atoms with Gasteiger partial charge in [-0.2, -0.15) is 0 Å². The average molecular weight is 312 g/mol. The normalized spacial score (nSPS) is 11.7. The van der Waals surface area contributed by atoms with Gasteiger partial charge in [0.25, 0.3) is 0 Å². The van der Waals surface area contributed by atoms with Gasteiger partial charge in [0, 0.05) is 25.9 Å². The molecule has 4 nitrogen and oxygen atoms in total. The summed E-state index contributed by atoms with van der Waals surface area (Å²) >= 11 is 0. The van der Waals surface area contributed by atoms with E-state index in [1.807, 2.05) is 20.8 Å². The summed E-state index contributed by atoms with van der Waals surface area (Å²) in [5.41, 5.74) is 2.32. The second-order valence-corrected chi connectivity index (χ2v) is 7.48. The quantitative estimate of drug-likeness (QED) is 0.619. The van der Waals surface area contributed by atoms with Crippen LogP contribution in [0.15, 0.2) is 18.2 Å². The number of hydrogen-bond donors (Lipinski definition) is 0. The lowest BCUT2D eigenvalue weighted by Crippen LogP contribution is -2.46. The lowest BCUT2D eigenvalue weighted by atomic mass is 10.1. The third-order valence-corrected chi connectivity index (χ3v) is 6.34. The van der Waals surface area contributed by atoms with Gasteiger partial charge in [-0.3, -0.25) is 0 Å². The highest BCUT2D eigenvalue weighted by Gasteiger charge is 2.40. The van der Waals surface area contributed by atoms with Gasteiger partial charge in [0.2, 0.25) is 0 Å². The minimum absolute atomic E-state index is 0.608. The highest BCUT2D eigenvalue weighted by atomic mass is 28.4. The molecular weight excluding hydrogens is 284 g/mol. The number of benzene rings is 1. The van der Waals surface area contributed by atoms with Crippen LogP contribution in [0.4, 0.5) is 0 Å². The summed E-state index contributed by atoms with van der Waals surface area (Å²) in [6.07, 6.45) is 0.830. The molecule has 120 valence electrons. The zero-order valence-electron chi connectivity index (χ0n) is 13.9. The number of ether oxygens (including phenoxy) is 1. The van der Waals surface area contributed by atoms with Crippen LogP contribution in [-0.2, 0) is 19.7 Å². The fraction of sp³-hybridized carbons (Fsp3) is 0.625. The van der Waals surface area contributed by atoms with Gasteiger partial charge in [0.15, 0.2) is 0 Å². The van der Waals surface area contributed by atoms with Crippen LogP contribution in [0.5, 0.6) is 5.75 Å². The third kappa shape index (κ3) is 5.11. The zero-order chi connectivity index (χ0) is 15.7. The molecule has 0 aliphatic heterocycles. The van der Waals surface area contributed by atoms with E-state index in [1.165, 1.54) is 5.56 Å². The molecule has 0 heterocycles. The van der Waals surface area contributed by atoms with Crippen molar-refractivity contribution in [2.24, 2.45) is 0 Å². The van der Waals surface area contributed by atoms with Gasteiger partial charge >= 0.3 is 8.80 Å². The second kappa shape index (κ2) is 9.20. The third-order valence-electron chi connectivity index (χ3n) is 3.29.